The number of imidazole rings is 1. The summed E-state index contributed by atoms with van der Waals surface area (Å²) >= 11 is 0. The molecule has 9 heteroatoms. The molecule has 6 aromatic rings. The number of benzene rings is 4. The van der Waals surface area contributed by atoms with Crippen molar-refractivity contribution < 1.29 is 23.8 Å². The number of aliphatic carboxylic acids is 1. The molecule has 220 valence electrons. The molecule has 0 bridgehead atoms. The van der Waals surface area contributed by atoms with Crippen LogP contribution in [0.3, 0.4) is 0 Å². The molecule has 0 aliphatic heterocycles. The molecule has 0 spiro atoms. The number of hydrogen-bond acceptors (Lipinski definition) is 5. The number of halogens is 1. The zero-order chi connectivity index (χ0) is 30.6. The number of nitrogens with zero attached hydrogens (tertiary/aromatic N) is 3. The van der Waals surface area contributed by atoms with Crippen molar-refractivity contribution in [3.63, 3.8) is 0 Å². The van der Waals surface area contributed by atoms with E-state index in [1.54, 1.807) is 49.5 Å². The van der Waals surface area contributed by atoms with Gasteiger partial charge in [0.05, 0.1) is 17.5 Å². The van der Waals surface area contributed by atoms with E-state index in [1.807, 2.05) is 60.7 Å². The van der Waals surface area contributed by atoms with Crippen LogP contribution < -0.4 is 15.2 Å². The lowest BCUT2D eigenvalue weighted by Gasteiger charge is -2.14. The van der Waals surface area contributed by atoms with Gasteiger partial charge in [-0.15, -0.1) is 0 Å². The van der Waals surface area contributed by atoms with Crippen molar-refractivity contribution in [2.75, 3.05) is 0 Å². The summed E-state index contributed by atoms with van der Waals surface area (Å²) in [4.78, 5) is 29.3. The van der Waals surface area contributed by atoms with Crippen molar-refractivity contribution in [2.24, 2.45) is 7.05 Å². The highest BCUT2D eigenvalue weighted by atomic mass is 19.1. The molecule has 6 rings (SSSR count). The molecule has 0 aliphatic rings. The van der Waals surface area contributed by atoms with Gasteiger partial charge in [0.25, 0.3) is 0 Å². The number of hydrogen-bond donors (Lipinski definition) is 1. The van der Waals surface area contributed by atoms with Crippen molar-refractivity contribution in [3.05, 3.63) is 142 Å². The number of carboxylic acid groups (broad SMARTS) is 1. The van der Waals surface area contributed by atoms with Crippen LogP contribution in [0.1, 0.15) is 16.7 Å². The minimum Gasteiger partial charge on any atom is -0.481 e. The molecule has 8 nitrogen and oxygen atoms in total. The van der Waals surface area contributed by atoms with Gasteiger partial charge in [0, 0.05) is 18.7 Å². The normalized spacial score (nSPS) is 11.0. The smallest absolute Gasteiger partial charge is 0.333 e. The lowest BCUT2D eigenvalue weighted by Crippen LogP contribution is -2.21. The molecule has 0 atom stereocenters. The molecule has 0 saturated carbocycles. The number of rotatable bonds is 10. The number of fused-ring (bicyclic) bond motifs is 1. The van der Waals surface area contributed by atoms with Crippen LogP contribution in [0.5, 0.6) is 11.8 Å². The molecule has 0 amide bonds. The first-order chi connectivity index (χ1) is 21.4. The number of pyridine rings is 1. The molecule has 44 heavy (non-hydrogen) atoms. The molecule has 0 aliphatic carbocycles. The van der Waals surface area contributed by atoms with Crippen molar-refractivity contribution in [1.29, 1.82) is 0 Å². The number of carboxylic acids is 1. The van der Waals surface area contributed by atoms with Gasteiger partial charge in [-0.2, -0.15) is 4.98 Å². The Hall–Kier alpha value is -5.70. The van der Waals surface area contributed by atoms with E-state index in [1.165, 1.54) is 15.2 Å². The first-order valence-corrected chi connectivity index (χ1v) is 13.9. The predicted molar refractivity (Wildman–Crippen MR) is 165 cm³/mol. The van der Waals surface area contributed by atoms with E-state index in [9.17, 15) is 9.59 Å². The summed E-state index contributed by atoms with van der Waals surface area (Å²) in [5.74, 6) is -1.01. The Morgan fingerprint density at radius 2 is 1.48 bits per heavy atom. The molecule has 0 radical (unpaired) electrons. The van der Waals surface area contributed by atoms with Gasteiger partial charge >= 0.3 is 11.7 Å². The maximum atomic E-state index is 15.0. The van der Waals surface area contributed by atoms with Gasteiger partial charge in [-0.1, -0.05) is 78.9 Å². The standard InChI is InChI=1S/C35H28FN3O5/c1-38-31-20-26(27-14-12-25(18-28(27)36)19-33(40)41)13-15-29(31)39(35(38)42)30-16-17-32(43-21-23-8-4-2-5-9-23)37-34(30)44-22-24-10-6-3-7-11-24/h2-18,20H,19,21-22H2,1H3,(H,40,41). The first kappa shape index (κ1) is 28.4. The highest BCUT2D eigenvalue weighted by molar-refractivity contribution is 5.84. The van der Waals surface area contributed by atoms with Gasteiger partial charge in [0.2, 0.25) is 11.8 Å². The van der Waals surface area contributed by atoms with Gasteiger partial charge in [-0.25, -0.2) is 9.18 Å². The van der Waals surface area contributed by atoms with E-state index in [4.69, 9.17) is 14.6 Å². The van der Waals surface area contributed by atoms with Crippen LogP contribution in [0.25, 0.3) is 27.8 Å². The van der Waals surface area contributed by atoms with Gasteiger partial charge < -0.3 is 14.6 Å². The van der Waals surface area contributed by atoms with Crippen LogP contribution in [0.15, 0.2) is 114 Å². The highest BCUT2D eigenvalue weighted by Gasteiger charge is 2.20. The molecule has 1 N–H and O–H groups in total. The van der Waals surface area contributed by atoms with Crippen LogP contribution in [0, 0.1) is 5.82 Å². The maximum Gasteiger partial charge on any atom is 0.333 e. The zero-order valence-corrected chi connectivity index (χ0v) is 23.8. The van der Waals surface area contributed by atoms with E-state index in [0.717, 1.165) is 11.1 Å². The molecular formula is C35H28FN3O5. The van der Waals surface area contributed by atoms with Gasteiger partial charge in [0.1, 0.15) is 24.7 Å². The average molecular weight is 590 g/mol. The third kappa shape index (κ3) is 5.94. The van der Waals surface area contributed by atoms with Crippen molar-refractivity contribution in [2.45, 2.75) is 19.6 Å². The third-order valence-corrected chi connectivity index (χ3v) is 7.26. The molecule has 0 unspecified atom stereocenters. The summed E-state index contributed by atoms with van der Waals surface area (Å²) in [7, 11) is 1.65. The number of carbonyl (C=O) groups is 1. The van der Waals surface area contributed by atoms with Crippen LogP contribution in [0.4, 0.5) is 4.39 Å². The Balaban J connectivity index is 1.39. The van der Waals surface area contributed by atoms with E-state index in [2.05, 4.69) is 4.98 Å². The monoisotopic (exact) mass is 589 g/mol. The number of aryl methyl sites for hydroxylation is 1. The zero-order valence-electron chi connectivity index (χ0n) is 23.8. The summed E-state index contributed by atoms with van der Waals surface area (Å²) < 4.78 is 30.1. The lowest BCUT2D eigenvalue weighted by molar-refractivity contribution is -0.136. The van der Waals surface area contributed by atoms with Crippen LogP contribution in [0.2, 0.25) is 0 Å². The Labute approximate surface area is 252 Å². The maximum absolute atomic E-state index is 15.0. The summed E-state index contributed by atoms with van der Waals surface area (Å²) in [6.07, 6.45) is -0.271. The quantitative estimate of drug-likeness (QED) is 0.201. The van der Waals surface area contributed by atoms with Crippen LogP contribution in [-0.4, -0.2) is 25.2 Å². The summed E-state index contributed by atoms with van der Waals surface area (Å²) in [6, 6.07) is 32.4. The predicted octanol–water partition coefficient (Wildman–Crippen LogP) is 6.32. The summed E-state index contributed by atoms with van der Waals surface area (Å²) in [6.45, 7) is 0.542. The molecule has 4 aromatic carbocycles. The minimum absolute atomic E-state index is 0.221. The molecule has 2 heterocycles. The minimum atomic E-state index is -1.03. The highest BCUT2D eigenvalue weighted by Crippen LogP contribution is 2.31. The first-order valence-electron chi connectivity index (χ1n) is 13.9. The van der Waals surface area contributed by atoms with E-state index < -0.39 is 11.8 Å². The second-order valence-corrected chi connectivity index (χ2v) is 10.3. The van der Waals surface area contributed by atoms with Crippen molar-refractivity contribution in [1.82, 2.24) is 14.1 Å². The topological polar surface area (TPSA) is 95.6 Å². The molecule has 0 fully saturated rings. The third-order valence-electron chi connectivity index (χ3n) is 7.26. The average Bonchev–Trinajstić information content (AvgIpc) is 3.28. The second-order valence-electron chi connectivity index (χ2n) is 10.3. The Bertz CT molecular complexity index is 2020. The van der Waals surface area contributed by atoms with E-state index in [0.29, 0.717) is 45.9 Å². The molecule has 2 aromatic heterocycles. The van der Waals surface area contributed by atoms with Gasteiger partial charge in [0.15, 0.2) is 0 Å². The lowest BCUT2D eigenvalue weighted by atomic mass is 10.0. The number of aromatic nitrogens is 3. The summed E-state index contributed by atoms with van der Waals surface area (Å²) in [5, 5.41) is 9.04. The number of ether oxygens (including phenoxy) is 2. The largest absolute Gasteiger partial charge is 0.481 e. The van der Waals surface area contributed by atoms with Crippen LogP contribution in [-0.2, 0) is 31.5 Å². The SMILES string of the molecule is Cn1c(=O)n(-c2ccc(OCc3ccccc3)nc2OCc2ccccc2)c2ccc(-c3ccc(CC(=O)O)cc3F)cc21. The fourth-order valence-electron chi connectivity index (χ4n) is 5.05. The van der Waals surface area contributed by atoms with Crippen molar-refractivity contribution >= 4 is 17.0 Å². The van der Waals surface area contributed by atoms with Gasteiger partial charge in [-0.3, -0.25) is 13.9 Å². The van der Waals surface area contributed by atoms with E-state index >= 15 is 4.39 Å². The Morgan fingerprint density at radius 1 is 0.795 bits per heavy atom. The molecular weight excluding hydrogens is 561 g/mol. The summed E-state index contributed by atoms with van der Waals surface area (Å²) in [5.41, 5.74) is 4.38. The fraction of sp³-hybridized carbons (Fsp3) is 0.114. The second kappa shape index (κ2) is 12.3. The Kier molecular flexibility index (Phi) is 7.92. The van der Waals surface area contributed by atoms with Gasteiger partial charge in [-0.05, 0) is 46.5 Å². The van der Waals surface area contributed by atoms with Crippen molar-refractivity contribution in [3.8, 4) is 28.6 Å². The fourth-order valence-corrected chi connectivity index (χ4v) is 5.05. The van der Waals surface area contributed by atoms with Crippen LogP contribution >= 0.6 is 0 Å². The van der Waals surface area contributed by atoms with E-state index in [-0.39, 0.29) is 24.6 Å². The Morgan fingerprint density at radius 3 is 2.14 bits per heavy atom. The molecule has 0 saturated heterocycles.